The molecule has 2 aromatic rings. The number of methoxy groups -OCH3 is 1. The molecule has 7 heteroatoms. The molecule has 1 unspecified atom stereocenters. The van der Waals surface area contributed by atoms with Crippen LogP contribution in [0.5, 0.6) is 5.75 Å². The van der Waals surface area contributed by atoms with E-state index in [9.17, 15) is 18.0 Å². The molecule has 1 amide bonds. The van der Waals surface area contributed by atoms with Crippen LogP contribution in [0.1, 0.15) is 36.0 Å². The summed E-state index contributed by atoms with van der Waals surface area (Å²) in [6.45, 7) is 1.22. The standard InChI is InChI=1S/C23H23F3N2O2/c1-30-18-9-7-15(8-10-18)16-12-19-20(23(24,25)26)5-2-6-21(19)28(22(29)13-16)14-17-4-3-11-27-17/h2,5-10,12,17,27H,3-4,11,13-14H2,1H3. The summed E-state index contributed by atoms with van der Waals surface area (Å²) in [6, 6.07) is 11.1. The van der Waals surface area contributed by atoms with Gasteiger partial charge < -0.3 is 15.0 Å². The lowest BCUT2D eigenvalue weighted by Gasteiger charge is -2.27. The topological polar surface area (TPSA) is 41.6 Å². The molecular weight excluding hydrogens is 393 g/mol. The third-order valence-corrected chi connectivity index (χ3v) is 5.67. The maximum absolute atomic E-state index is 13.8. The Morgan fingerprint density at radius 1 is 1.17 bits per heavy atom. The molecule has 0 bridgehead atoms. The fourth-order valence-electron chi connectivity index (χ4n) is 4.13. The van der Waals surface area contributed by atoms with Crippen LogP contribution in [-0.4, -0.2) is 32.1 Å². The van der Waals surface area contributed by atoms with E-state index in [1.165, 1.54) is 17.0 Å². The van der Waals surface area contributed by atoms with Crippen LogP contribution in [0, 0.1) is 0 Å². The first-order chi connectivity index (χ1) is 14.4. The number of amides is 1. The van der Waals surface area contributed by atoms with Gasteiger partial charge in [0.05, 0.1) is 24.8 Å². The second-order valence-electron chi connectivity index (χ2n) is 7.61. The van der Waals surface area contributed by atoms with Crippen LogP contribution in [0.25, 0.3) is 11.6 Å². The minimum absolute atomic E-state index is 0.0328. The molecule has 2 aromatic carbocycles. The zero-order valence-corrected chi connectivity index (χ0v) is 16.6. The van der Waals surface area contributed by atoms with E-state index in [4.69, 9.17) is 4.74 Å². The van der Waals surface area contributed by atoms with Crippen LogP contribution in [0.4, 0.5) is 18.9 Å². The van der Waals surface area contributed by atoms with E-state index in [1.54, 1.807) is 37.4 Å². The Kier molecular flexibility index (Phi) is 5.56. The van der Waals surface area contributed by atoms with Crippen molar-refractivity contribution < 1.29 is 22.7 Å². The normalized spacial score (nSPS) is 19.3. The highest BCUT2D eigenvalue weighted by molar-refractivity contribution is 6.07. The van der Waals surface area contributed by atoms with E-state index >= 15 is 0 Å². The van der Waals surface area contributed by atoms with Crippen LogP contribution in [0.3, 0.4) is 0 Å². The zero-order valence-electron chi connectivity index (χ0n) is 16.6. The molecule has 4 rings (SSSR count). The SMILES string of the molecule is COc1ccc(C2=Cc3c(cccc3C(F)(F)F)N(CC3CCCN3)C(=O)C2)cc1. The van der Waals surface area contributed by atoms with E-state index in [0.29, 0.717) is 29.1 Å². The van der Waals surface area contributed by atoms with Gasteiger partial charge >= 0.3 is 6.18 Å². The average Bonchev–Trinajstić information content (AvgIpc) is 3.19. The fourth-order valence-corrected chi connectivity index (χ4v) is 4.13. The van der Waals surface area contributed by atoms with Crippen LogP contribution in [-0.2, 0) is 11.0 Å². The number of nitrogens with zero attached hydrogens (tertiary/aromatic N) is 1. The molecule has 1 N–H and O–H groups in total. The maximum atomic E-state index is 13.8. The van der Waals surface area contributed by atoms with Crippen LogP contribution in [0.2, 0.25) is 0 Å². The zero-order chi connectivity index (χ0) is 21.3. The van der Waals surface area contributed by atoms with Gasteiger partial charge in [-0.2, -0.15) is 13.2 Å². The quantitative estimate of drug-likeness (QED) is 0.783. The second-order valence-corrected chi connectivity index (χ2v) is 7.61. The number of halogens is 3. The predicted octanol–water partition coefficient (Wildman–Crippen LogP) is 4.74. The van der Waals surface area contributed by atoms with Crippen LogP contribution < -0.4 is 15.0 Å². The summed E-state index contributed by atoms with van der Waals surface area (Å²) in [5, 5.41) is 3.33. The molecule has 1 fully saturated rings. The van der Waals surface area contributed by atoms with Crippen molar-refractivity contribution in [3.05, 3.63) is 59.2 Å². The molecule has 30 heavy (non-hydrogen) atoms. The number of nitrogens with one attached hydrogen (secondary N) is 1. The van der Waals surface area contributed by atoms with Gasteiger partial charge in [0.1, 0.15) is 5.75 Å². The van der Waals surface area contributed by atoms with E-state index in [2.05, 4.69) is 5.32 Å². The Morgan fingerprint density at radius 2 is 1.93 bits per heavy atom. The van der Waals surface area contributed by atoms with Gasteiger partial charge in [-0.3, -0.25) is 4.79 Å². The minimum atomic E-state index is -4.52. The summed E-state index contributed by atoms with van der Waals surface area (Å²) < 4.78 is 46.6. The number of hydrogen-bond acceptors (Lipinski definition) is 3. The lowest BCUT2D eigenvalue weighted by atomic mass is 9.97. The van der Waals surface area contributed by atoms with Gasteiger partial charge in [-0.15, -0.1) is 0 Å². The van der Waals surface area contributed by atoms with Crippen molar-refractivity contribution in [1.82, 2.24) is 5.32 Å². The summed E-state index contributed by atoms with van der Waals surface area (Å²) in [5.41, 5.74) is 0.882. The average molecular weight is 416 g/mol. The molecule has 0 spiro atoms. The summed E-state index contributed by atoms with van der Waals surface area (Å²) in [4.78, 5) is 14.7. The number of alkyl halides is 3. The lowest BCUT2D eigenvalue weighted by Crippen LogP contribution is -2.41. The lowest BCUT2D eigenvalue weighted by molar-refractivity contribution is -0.137. The van der Waals surface area contributed by atoms with E-state index in [1.807, 2.05) is 0 Å². The number of ether oxygens (including phenoxy) is 1. The number of hydrogen-bond donors (Lipinski definition) is 1. The van der Waals surface area contributed by atoms with Gasteiger partial charge in [0.2, 0.25) is 5.91 Å². The molecule has 1 atom stereocenters. The second kappa shape index (κ2) is 8.14. The Balaban J connectivity index is 1.82. The van der Waals surface area contributed by atoms with Crippen molar-refractivity contribution in [3.8, 4) is 5.75 Å². The largest absolute Gasteiger partial charge is 0.497 e. The first-order valence-corrected chi connectivity index (χ1v) is 9.96. The Bertz CT molecular complexity index is 961. The number of rotatable bonds is 4. The number of anilines is 1. The number of carbonyl (C=O) groups is 1. The van der Waals surface area contributed by atoms with Crippen molar-refractivity contribution in [2.45, 2.75) is 31.5 Å². The smallest absolute Gasteiger partial charge is 0.417 e. The molecule has 2 heterocycles. The Hall–Kier alpha value is -2.80. The van der Waals surface area contributed by atoms with E-state index < -0.39 is 11.7 Å². The van der Waals surface area contributed by atoms with Crippen molar-refractivity contribution in [2.75, 3.05) is 25.1 Å². The van der Waals surface area contributed by atoms with Crippen molar-refractivity contribution in [2.24, 2.45) is 0 Å². The molecule has 2 aliphatic rings. The molecule has 0 saturated carbocycles. The van der Waals surface area contributed by atoms with E-state index in [-0.39, 0.29) is 23.9 Å². The number of fused-ring (bicyclic) bond motifs is 1. The van der Waals surface area contributed by atoms with Gasteiger partial charge in [-0.05, 0) is 60.9 Å². The highest BCUT2D eigenvalue weighted by atomic mass is 19.4. The molecule has 4 nitrogen and oxygen atoms in total. The molecule has 0 aromatic heterocycles. The maximum Gasteiger partial charge on any atom is 0.417 e. The van der Waals surface area contributed by atoms with Crippen molar-refractivity contribution in [3.63, 3.8) is 0 Å². The number of benzene rings is 2. The summed E-state index contributed by atoms with van der Waals surface area (Å²) >= 11 is 0. The summed E-state index contributed by atoms with van der Waals surface area (Å²) in [7, 11) is 1.55. The van der Waals surface area contributed by atoms with Gasteiger partial charge in [0, 0.05) is 18.2 Å². The molecule has 0 aliphatic carbocycles. The molecule has 158 valence electrons. The van der Waals surface area contributed by atoms with Crippen LogP contribution >= 0.6 is 0 Å². The third-order valence-electron chi connectivity index (χ3n) is 5.67. The van der Waals surface area contributed by atoms with Gasteiger partial charge in [-0.25, -0.2) is 0 Å². The van der Waals surface area contributed by atoms with Crippen LogP contribution in [0.15, 0.2) is 42.5 Å². The third kappa shape index (κ3) is 4.07. The van der Waals surface area contributed by atoms with Gasteiger partial charge in [0.15, 0.2) is 0 Å². The first-order valence-electron chi connectivity index (χ1n) is 9.96. The summed E-state index contributed by atoms with van der Waals surface area (Å²) in [5.74, 6) is 0.438. The van der Waals surface area contributed by atoms with Gasteiger partial charge in [-0.1, -0.05) is 18.2 Å². The van der Waals surface area contributed by atoms with Crippen molar-refractivity contribution in [1.29, 1.82) is 0 Å². The molecule has 1 saturated heterocycles. The highest BCUT2D eigenvalue weighted by Gasteiger charge is 2.37. The fraction of sp³-hybridized carbons (Fsp3) is 0.348. The van der Waals surface area contributed by atoms with E-state index in [0.717, 1.165) is 25.5 Å². The molecule has 2 aliphatic heterocycles. The Labute approximate surface area is 173 Å². The number of carbonyl (C=O) groups excluding carboxylic acids is 1. The Morgan fingerprint density at radius 3 is 2.57 bits per heavy atom. The predicted molar refractivity (Wildman–Crippen MR) is 110 cm³/mol. The minimum Gasteiger partial charge on any atom is -0.497 e. The molecule has 0 radical (unpaired) electrons. The monoisotopic (exact) mass is 416 g/mol. The highest BCUT2D eigenvalue weighted by Crippen LogP contribution is 2.41. The van der Waals surface area contributed by atoms with Gasteiger partial charge in [0.25, 0.3) is 0 Å². The first kappa shape index (κ1) is 20.5. The molecular formula is C23H23F3N2O2. The summed E-state index contributed by atoms with van der Waals surface area (Å²) in [6.07, 6.45) is -1.07. The van der Waals surface area contributed by atoms with Crippen molar-refractivity contribution >= 4 is 23.2 Å².